The Bertz CT molecular complexity index is 351. The SMILES string of the molecule is CCCCCCOc1cccc(CNC(CC)CO)c1. The number of hydrogen-bond acceptors (Lipinski definition) is 3. The highest BCUT2D eigenvalue weighted by molar-refractivity contribution is 5.28. The molecule has 0 aliphatic rings. The van der Waals surface area contributed by atoms with Crippen LogP contribution in [0.4, 0.5) is 0 Å². The van der Waals surface area contributed by atoms with Crippen molar-refractivity contribution >= 4 is 0 Å². The first kappa shape index (κ1) is 17.0. The molecule has 0 aliphatic carbocycles. The molecule has 0 saturated heterocycles. The molecule has 0 aromatic heterocycles. The van der Waals surface area contributed by atoms with Crippen LogP contribution in [0.25, 0.3) is 0 Å². The number of hydrogen-bond donors (Lipinski definition) is 2. The van der Waals surface area contributed by atoms with Gasteiger partial charge in [-0.1, -0.05) is 45.2 Å². The summed E-state index contributed by atoms with van der Waals surface area (Å²) >= 11 is 0. The lowest BCUT2D eigenvalue weighted by Gasteiger charge is -2.14. The van der Waals surface area contributed by atoms with Crippen LogP contribution in [0.5, 0.6) is 5.75 Å². The fourth-order valence-electron chi connectivity index (χ4n) is 2.06. The van der Waals surface area contributed by atoms with E-state index in [1.54, 1.807) is 0 Å². The number of benzene rings is 1. The number of rotatable bonds is 11. The first-order valence-corrected chi connectivity index (χ1v) is 7.86. The van der Waals surface area contributed by atoms with Crippen molar-refractivity contribution in [2.24, 2.45) is 0 Å². The van der Waals surface area contributed by atoms with Gasteiger partial charge < -0.3 is 15.2 Å². The van der Waals surface area contributed by atoms with Gasteiger partial charge in [0.25, 0.3) is 0 Å². The summed E-state index contributed by atoms with van der Waals surface area (Å²) in [7, 11) is 0. The van der Waals surface area contributed by atoms with Gasteiger partial charge in [-0.2, -0.15) is 0 Å². The zero-order chi connectivity index (χ0) is 14.6. The fraction of sp³-hybridized carbons (Fsp3) is 0.647. The third kappa shape index (κ3) is 6.92. The van der Waals surface area contributed by atoms with Gasteiger partial charge in [0.05, 0.1) is 13.2 Å². The molecule has 0 saturated carbocycles. The number of nitrogens with one attached hydrogen (secondary N) is 1. The Morgan fingerprint density at radius 2 is 2.05 bits per heavy atom. The molecule has 0 amide bonds. The molecule has 1 aromatic carbocycles. The summed E-state index contributed by atoms with van der Waals surface area (Å²) in [5.41, 5.74) is 1.20. The van der Waals surface area contributed by atoms with Crippen molar-refractivity contribution in [3.8, 4) is 5.75 Å². The number of ether oxygens (including phenoxy) is 1. The molecule has 0 bridgehead atoms. The summed E-state index contributed by atoms with van der Waals surface area (Å²) in [4.78, 5) is 0. The Morgan fingerprint density at radius 1 is 1.20 bits per heavy atom. The summed E-state index contributed by atoms with van der Waals surface area (Å²) in [6.45, 7) is 6.04. The van der Waals surface area contributed by atoms with Crippen LogP contribution >= 0.6 is 0 Å². The Balaban J connectivity index is 2.33. The van der Waals surface area contributed by atoms with Crippen LogP contribution in [-0.4, -0.2) is 24.4 Å². The van der Waals surface area contributed by atoms with Gasteiger partial charge in [-0.25, -0.2) is 0 Å². The van der Waals surface area contributed by atoms with E-state index >= 15 is 0 Å². The zero-order valence-electron chi connectivity index (χ0n) is 12.9. The molecule has 20 heavy (non-hydrogen) atoms. The maximum absolute atomic E-state index is 9.16. The highest BCUT2D eigenvalue weighted by atomic mass is 16.5. The number of unbranched alkanes of at least 4 members (excludes halogenated alkanes) is 3. The molecule has 3 nitrogen and oxygen atoms in total. The molecule has 1 aromatic rings. The molecular weight excluding hydrogens is 250 g/mol. The van der Waals surface area contributed by atoms with E-state index in [9.17, 15) is 0 Å². The average Bonchev–Trinajstić information content (AvgIpc) is 2.48. The second-order valence-corrected chi connectivity index (χ2v) is 5.23. The van der Waals surface area contributed by atoms with Gasteiger partial charge in [0.15, 0.2) is 0 Å². The normalized spacial score (nSPS) is 12.3. The molecule has 1 atom stereocenters. The van der Waals surface area contributed by atoms with E-state index in [-0.39, 0.29) is 12.6 Å². The smallest absolute Gasteiger partial charge is 0.119 e. The van der Waals surface area contributed by atoms with Gasteiger partial charge in [-0.05, 0) is 30.5 Å². The molecule has 3 heteroatoms. The topological polar surface area (TPSA) is 41.5 Å². The van der Waals surface area contributed by atoms with Crippen molar-refractivity contribution in [3.05, 3.63) is 29.8 Å². The van der Waals surface area contributed by atoms with Crippen LogP contribution in [0, 0.1) is 0 Å². The largest absolute Gasteiger partial charge is 0.494 e. The molecule has 0 heterocycles. The summed E-state index contributed by atoms with van der Waals surface area (Å²) in [5.74, 6) is 0.942. The summed E-state index contributed by atoms with van der Waals surface area (Å²) in [5, 5.41) is 12.5. The molecule has 0 radical (unpaired) electrons. The second kappa shape index (κ2) is 10.7. The van der Waals surface area contributed by atoms with E-state index in [2.05, 4.69) is 31.3 Å². The van der Waals surface area contributed by atoms with Gasteiger partial charge >= 0.3 is 0 Å². The lowest BCUT2D eigenvalue weighted by atomic mass is 10.2. The van der Waals surface area contributed by atoms with Crippen LogP contribution < -0.4 is 10.1 Å². The van der Waals surface area contributed by atoms with Crippen LogP contribution in [0.1, 0.15) is 51.5 Å². The highest BCUT2D eigenvalue weighted by Crippen LogP contribution is 2.14. The molecular formula is C17H29NO2. The Morgan fingerprint density at radius 3 is 2.75 bits per heavy atom. The van der Waals surface area contributed by atoms with Crippen molar-refractivity contribution in [2.45, 2.75) is 58.5 Å². The minimum absolute atomic E-state index is 0.175. The quantitative estimate of drug-likeness (QED) is 0.609. The first-order chi connectivity index (χ1) is 9.80. The van der Waals surface area contributed by atoms with Gasteiger partial charge in [0.1, 0.15) is 5.75 Å². The Hall–Kier alpha value is -1.06. The lowest BCUT2D eigenvalue weighted by molar-refractivity contribution is 0.238. The van der Waals surface area contributed by atoms with Crippen molar-refractivity contribution in [3.63, 3.8) is 0 Å². The third-order valence-electron chi connectivity index (χ3n) is 3.47. The monoisotopic (exact) mass is 279 g/mol. The molecule has 0 spiro atoms. The fourth-order valence-corrected chi connectivity index (χ4v) is 2.06. The highest BCUT2D eigenvalue weighted by Gasteiger charge is 2.04. The van der Waals surface area contributed by atoms with Crippen molar-refractivity contribution < 1.29 is 9.84 Å². The zero-order valence-corrected chi connectivity index (χ0v) is 12.9. The standard InChI is InChI=1S/C17H29NO2/c1-3-5-6-7-11-20-17-10-8-9-15(12-17)13-18-16(4-2)14-19/h8-10,12,16,18-19H,3-7,11,13-14H2,1-2H3. The maximum atomic E-state index is 9.16. The predicted octanol–water partition coefficient (Wildman–Crippen LogP) is 3.51. The third-order valence-corrected chi connectivity index (χ3v) is 3.47. The van der Waals surface area contributed by atoms with Crippen LogP contribution in [0.3, 0.4) is 0 Å². The molecule has 2 N–H and O–H groups in total. The van der Waals surface area contributed by atoms with E-state index in [0.29, 0.717) is 0 Å². The second-order valence-electron chi connectivity index (χ2n) is 5.23. The van der Waals surface area contributed by atoms with E-state index in [0.717, 1.165) is 31.7 Å². The summed E-state index contributed by atoms with van der Waals surface area (Å²) < 4.78 is 5.78. The van der Waals surface area contributed by atoms with Crippen LogP contribution in [-0.2, 0) is 6.54 Å². The van der Waals surface area contributed by atoms with Gasteiger partial charge in [0, 0.05) is 12.6 Å². The van der Waals surface area contributed by atoms with E-state index in [1.807, 2.05) is 12.1 Å². The van der Waals surface area contributed by atoms with Crippen molar-refractivity contribution in [1.29, 1.82) is 0 Å². The van der Waals surface area contributed by atoms with Gasteiger partial charge in [0.2, 0.25) is 0 Å². The Labute approximate surface area is 123 Å². The van der Waals surface area contributed by atoms with Crippen LogP contribution in [0.15, 0.2) is 24.3 Å². The minimum Gasteiger partial charge on any atom is -0.494 e. The van der Waals surface area contributed by atoms with Crippen molar-refractivity contribution in [2.75, 3.05) is 13.2 Å². The molecule has 0 aliphatic heterocycles. The van der Waals surface area contributed by atoms with E-state index in [4.69, 9.17) is 9.84 Å². The van der Waals surface area contributed by atoms with E-state index < -0.39 is 0 Å². The number of aliphatic hydroxyl groups is 1. The van der Waals surface area contributed by atoms with Crippen molar-refractivity contribution in [1.82, 2.24) is 5.32 Å². The predicted molar refractivity (Wildman–Crippen MR) is 84.1 cm³/mol. The molecule has 1 unspecified atom stereocenters. The molecule has 114 valence electrons. The molecule has 0 fully saturated rings. The average molecular weight is 279 g/mol. The van der Waals surface area contributed by atoms with Gasteiger partial charge in [-0.3, -0.25) is 0 Å². The lowest BCUT2D eigenvalue weighted by Crippen LogP contribution is -2.31. The minimum atomic E-state index is 0.175. The van der Waals surface area contributed by atoms with Gasteiger partial charge in [-0.15, -0.1) is 0 Å². The number of aliphatic hydroxyl groups excluding tert-OH is 1. The Kier molecular flexibility index (Phi) is 9.09. The summed E-state index contributed by atoms with van der Waals surface area (Å²) in [6.07, 6.45) is 5.84. The van der Waals surface area contributed by atoms with E-state index in [1.165, 1.54) is 24.8 Å². The van der Waals surface area contributed by atoms with Crippen LogP contribution in [0.2, 0.25) is 0 Å². The first-order valence-electron chi connectivity index (χ1n) is 7.86. The maximum Gasteiger partial charge on any atom is 0.119 e. The molecule has 1 rings (SSSR count). The summed E-state index contributed by atoms with van der Waals surface area (Å²) in [6, 6.07) is 8.37.